The largest absolute Gasteiger partial charge is 0.478 e. The van der Waals surface area contributed by atoms with Crippen LogP contribution in [0.15, 0.2) is 67.3 Å². The van der Waals surface area contributed by atoms with E-state index in [2.05, 4.69) is 6.58 Å². The van der Waals surface area contributed by atoms with Gasteiger partial charge in [0.25, 0.3) is 0 Å². The predicted octanol–water partition coefficient (Wildman–Crippen LogP) is 4.09. The molecular weight excluding hydrogens is 349 g/mol. The molecule has 1 atom stereocenters. The fourth-order valence-corrected chi connectivity index (χ4v) is 2.40. The van der Waals surface area contributed by atoms with E-state index in [1.165, 1.54) is 6.07 Å². The van der Waals surface area contributed by atoms with Crippen LogP contribution in [0.3, 0.4) is 0 Å². The molecule has 142 valence electrons. The third kappa shape index (κ3) is 7.25. The molecule has 0 radical (unpaired) electrons. The summed E-state index contributed by atoms with van der Waals surface area (Å²) in [5.41, 5.74) is 10.1. The Kier molecular flexibility index (Phi) is 8.62. The van der Waals surface area contributed by atoms with Gasteiger partial charge in [-0.3, -0.25) is 0 Å². The van der Waals surface area contributed by atoms with Gasteiger partial charge < -0.3 is 15.9 Å². The highest BCUT2D eigenvalue weighted by Crippen LogP contribution is 2.31. The van der Waals surface area contributed by atoms with Crippen molar-refractivity contribution in [1.82, 2.24) is 0 Å². The first-order valence-electron chi connectivity index (χ1n) is 8.12. The first-order valence-corrected chi connectivity index (χ1v) is 8.12. The number of benzene rings is 2. The van der Waals surface area contributed by atoms with Crippen LogP contribution in [0.5, 0.6) is 0 Å². The molecule has 0 fully saturated rings. The monoisotopic (exact) mass is 371 g/mol. The van der Waals surface area contributed by atoms with Crippen molar-refractivity contribution in [2.24, 2.45) is 5.73 Å². The Morgan fingerprint density at radius 2 is 1.70 bits per heavy atom. The number of carboxylic acids is 2. The number of hydrogen-bond donors (Lipinski definition) is 3. The van der Waals surface area contributed by atoms with Gasteiger partial charge in [0.05, 0.1) is 0 Å². The summed E-state index contributed by atoms with van der Waals surface area (Å²) in [6.45, 7) is 5.70. The fraction of sp³-hybridized carbons (Fsp3) is 0.143. The topological polar surface area (TPSA) is 101 Å². The molecule has 6 heteroatoms. The lowest BCUT2D eigenvalue weighted by atomic mass is 9.91. The summed E-state index contributed by atoms with van der Waals surface area (Å²) in [5.74, 6) is -2.74. The van der Waals surface area contributed by atoms with Gasteiger partial charge in [0.15, 0.2) is 0 Å². The summed E-state index contributed by atoms with van der Waals surface area (Å²) in [7, 11) is 0. The van der Waals surface area contributed by atoms with Gasteiger partial charge in [-0.25, -0.2) is 14.0 Å². The molecule has 0 saturated heterocycles. The normalized spacial score (nSPS) is 11.4. The van der Waals surface area contributed by atoms with Crippen molar-refractivity contribution in [3.05, 3.63) is 84.2 Å². The smallest absolute Gasteiger partial charge is 0.328 e. The number of hydrogen-bond acceptors (Lipinski definition) is 3. The maximum atomic E-state index is 13.5. The molecule has 1 unspecified atom stereocenters. The Balaban J connectivity index is 0.000000387. The van der Waals surface area contributed by atoms with E-state index >= 15 is 0 Å². The number of nitrogens with two attached hydrogens (primary N) is 1. The zero-order valence-electron chi connectivity index (χ0n) is 14.9. The lowest BCUT2D eigenvalue weighted by molar-refractivity contribution is -0.134. The second-order valence-corrected chi connectivity index (χ2v) is 5.69. The van der Waals surface area contributed by atoms with Gasteiger partial charge in [-0.15, -0.1) is 6.58 Å². The molecule has 27 heavy (non-hydrogen) atoms. The third-order valence-corrected chi connectivity index (χ3v) is 3.64. The lowest BCUT2D eigenvalue weighted by Gasteiger charge is -2.16. The molecule has 0 aromatic heterocycles. The van der Waals surface area contributed by atoms with Gasteiger partial charge >= 0.3 is 11.9 Å². The summed E-state index contributed by atoms with van der Waals surface area (Å²) in [6, 6.07) is 12.6. The molecule has 0 saturated carbocycles. The van der Waals surface area contributed by atoms with Crippen LogP contribution in [-0.2, 0) is 9.59 Å². The molecule has 0 spiro atoms. The van der Waals surface area contributed by atoms with Crippen LogP contribution in [0, 0.1) is 12.7 Å². The zero-order chi connectivity index (χ0) is 20.4. The van der Waals surface area contributed by atoms with Crippen molar-refractivity contribution in [2.75, 3.05) is 0 Å². The number of halogens is 1. The maximum Gasteiger partial charge on any atom is 0.328 e. The quantitative estimate of drug-likeness (QED) is 0.524. The Morgan fingerprint density at radius 3 is 2.26 bits per heavy atom. The van der Waals surface area contributed by atoms with Crippen molar-refractivity contribution >= 4 is 11.9 Å². The van der Waals surface area contributed by atoms with E-state index in [-0.39, 0.29) is 11.9 Å². The molecule has 4 N–H and O–H groups in total. The molecule has 0 bridgehead atoms. The Labute approximate surface area is 157 Å². The summed E-state index contributed by atoms with van der Waals surface area (Å²) < 4.78 is 13.5. The first kappa shape index (κ1) is 21.8. The Morgan fingerprint density at radius 1 is 1.11 bits per heavy atom. The molecule has 0 aliphatic rings. The van der Waals surface area contributed by atoms with Crippen molar-refractivity contribution < 1.29 is 24.2 Å². The molecule has 2 rings (SSSR count). The second kappa shape index (κ2) is 10.7. The van der Waals surface area contributed by atoms with Crippen LogP contribution in [0.4, 0.5) is 4.39 Å². The van der Waals surface area contributed by atoms with Crippen molar-refractivity contribution in [2.45, 2.75) is 19.4 Å². The van der Waals surface area contributed by atoms with Gasteiger partial charge in [0, 0.05) is 18.2 Å². The lowest BCUT2D eigenvalue weighted by Crippen LogP contribution is -2.10. The van der Waals surface area contributed by atoms with E-state index in [9.17, 15) is 14.0 Å². The molecule has 0 heterocycles. The van der Waals surface area contributed by atoms with Crippen LogP contribution in [0.1, 0.15) is 23.6 Å². The van der Waals surface area contributed by atoms with Gasteiger partial charge in [0.2, 0.25) is 0 Å². The fourth-order valence-electron chi connectivity index (χ4n) is 2.40. The van der Waals surface area contributed by atoms with Crippen LogP contribution in [0.25, 0.3) is 11.1 Å². The van der Waals surface area contributed by atoms with E-state index in [0.29, 0.717) is 18.6 Å². The highest BCUT2D eigenvalue weighted by molar-refractivity contribution is 5.89. The Hall–Kier alpha value is -3.25. The molecule has 0 aliphatic carbocycles. The SMILES string of the molecule is C=CCC(N)c1ccccc1-c1cc(F)ccc1C.O=C(O)/C=C/C(=O)O. The molecule has 2 aromatic carbocycles. The standard InChI is InChI=1S/C17H18FN.C4H4O4/c1-3-6-17(19)15-8-5-4-7-14(15)16-11-13(18)10-9-12(16)2;5-3(6)1-2-4(7)8/h3-5,7-11,17H,1,6,19H2,2H3;1-2H,(H,5,6)(H,7,8)/b;2-1+. The van der Waals surface area contributed by atoms with Crippen molar-refractivity contribution in [1.29, 1.82) is 0 Å². The molecular formula is C21H22FNO4. The minimum absolute atomic E-state index is 0.114. The van der Waals surface area contributed by atoms with Gasteiger partial charge in [0.1, 0.15) is 5.82 Å². The van der Waals surface area contributed by atoms with Crippen LogP contribution in [-0.4, -0.2) is 22.2 Å². The minimum atomic E-state index is -1.26. The highest BCUT2D eigenvalue weighted by atomic mass is 19.1. The molecule has 0 aliphatic heterocycles. The van der Waals surface area contributed by atoms with Crippen LogP contribution >= 0.6 is 0 Å². The van der Waals surface area contributed by atoms with Gasteiger partial charge in [-0.05, 0) is 47.7 Å². The summed E-state index contributed by atoms with van der Waals surface area (Å²) in [6.07, 6.45) is 3.62. The van der Waals surface area contributed by atoms with Gasteiger partial charge in [-0.2, -0.15) is 0 Å². The van der Waals surface area contributed by atoms with E-state index in [0.717, 1.165) is 22.3 Å². The number of carbonyl (C=O) groups is 2. The van der Waals surface area contributed by atoms with Crippen molar-refractivity contribution in [3.8, 4) is 11.1 Å². The van der Waals surface area contributed by atoms with E-state index in [4.69, 9.17) is 15.9 Å². The number of rotatable bonds is 6. The van der Waals surface area contributed by atoms with E-state index < -0.39 is 11.9 Å². The molecule has 2 aromatic rings. The van der Waals surface area contributed by atoms with E-state index in [1.54, 1.807) is 18.2 Å². The molecule has 0 amide bonds. The zero-order valence-corrected chi connectivity index (χ0v) is 14.9. The number of carboxylic acid groups (broad SMARTS) is 2. The van der Waals surface area contributed by atoms with Crippen LogP contribution < -0.4 is 5.73 Å². The predicted molar refractivity (Wildman–Crippen MR) is 103 cm³/mol. The first-order chi connectivity index (χ1) is 12.8. The second-order valence-electron chi connectivity index (χ2n) is 5.69. The number of aliphatic carboxylic acids is 2. The number of aryl methyl sites for hydroxylation is 1. The molecule has 5 nitrogen and oxygen atoms in total. The average Bonchev–Trinajstić information content (AvgIpc) is 2.63. The third-order valence-electron chi connectivity index (χ3n) is 3.64. The minimum Gasteiger partial charge on any atom is -0.478 e. The highest BCUT2D eigenvalue weighted by Gasteiger charge is 2.12. The van der Waals surface area contributed by atoms with Crippen LogP contribution in [0.2, 0.25) is 0 Å². The van der Waals surface area contributed by atoms with E-state index in [1.807, 2.05) is 31.2 Å². The Bertz CT molecular complexity index is 830. The summed E-state index contributed by atoms with van der Waals surface area (Å²) >= 11 is 0. The average molecular weight is 371 g/mol. The summed E-state index contributed by atoms with van der Waals surface area (Å²) in [5, 5.41) is 15.6. The summed E-state index contributed by atoms with van der Waals surface area (Å²) in [4.78, 5) is 19.1. The van der Waals surface area contributed by atoms with Gasteiger partial charge in [-0.1, -0.05) is 36.4 Å². The maximum absolute atomic E-state index is 13.5. The van der Waals surface area contributed by atoms with Crippen molar-refractivity contribution in [3.63, 3.8) is 0 Å².